The molecule has 0 aromatic heterocycles. The lowest BCUT2D eigenvalue weighted by Crippen LogP contribution is -2.17. The van der Waals surface area contributed by atoms with E-state index >= 15 is 0 Å². The molecule has 0 N–H and O–H groups in total. The number of ether oxygens (including phenoxy) is 2. The summed E-state index contributed by atoms with van der Waals surface area (Å²) >= 11 is 2.98. The highest BCUT2D eigenvalue weighted by Crippen LogP contribution is 2.29. The van der Waals surface area contributed by atoms with Crippen LogP contribution in [-0.2, 0) is 4.79 Å². The minimum absolute atomic E-state index is 0.000453. The first-order valence-corrected chi connectivity index (χ1v) is 6.03. The Morgan fingerprint density at radius 2 is 1.88 bits per heavy atom. The third kappa shape index (κ3) is 2.85. The van der Waals surface area contributed by atoms with Crippen molar-refractivity contribution < 1.29 is 19.1 Å². The Labute approximate surface area is 108 Å². The number of hydrogen-bond donors (Lipinski definition) is 0. The van der Waals surface area contributed by atoms with E-state index in [9.17, 15) is 9.59 Å². The maximum atomic E-state index is 11.9. The van der Waals surface area contributed by atoms with Gasteiger partial charge < -0.3 is 9.47 Å². The van der Waals surface area contributed by atoms with Gasteiger partial charge in [0.15, 0.2) is 0 Å². The molecule has 0 unspecified atom stereocenters. The van der Waals surface area contributed by atoms with E-state index in [0.717, 1.165) is 0 Å². The van der Waals surface area contributed by atoms with Gasteiger partial charge in [-0.25, -0.2) is 0 Å². The van der Waals surface area contributed by atoms with Crippen molar-refractivity contribution in [1.29, 1.82) is 0 Å². The first-order valence-electron chi connectivity index (χ1n) is 4.91. The average molecular weight is 301 g/mol. The Hall–Kier alpha value is -1.36. The summed E-state index contributed by atoms with van der Waals surface area (Å²) in [6.07, 6.45) is 0. The molecule has 0 bridgehead atoms. The zero-order valence-corrected chi connectivity index (χ0v) is 11.5. The minimum atomic E-state index is -0.557. The predicted molar refractivity (Wildman–Crippen MR) is 67.4 cm³/mol. The average Bonchev–Trinajstić information content (AvgIpc) is 2.35. The highest BCUT2D eigenvalue weighted by Gasteiger charge is 2.22. The van der Waals surface area contributed by atoms with Gasteiger partial charge in [-0.15, -0.1) is 0 Å². The molecule has 0 fully saturated rings. The number of hydrogen-bond acceptors (Lipinski definition) is 4. The summed E-state index contributed by atoms with van der Waals surface area (Å²) in [4.78, 5) is 23.3. The van der Waals surface area contributed by atoms with E-state index in [4.69, 9.17) is 9.47 Å². The number of carbonyl (C=O) groups excluding carboxylic acids is 2. The van der Waals surface area contributed by atoms with Crippen molar-refractivity contribution in [1.82, 2.24) is 0 Å². The number of carbonyl (C=O) groups is 2. The number of benzene rings is 1. The Morgan fingerprint density at radius 1 is 1.24 bits per heavy atom. The predicted octanol–water partition coefficient (Wildman–Crippen LogP) is 2.16. The number of aryl methyl sites for hydroxylation is 1. The number of ketones is 2. The smallest absolute Gasteiger partial charge is 0.233 e. The van der Waals surface area contributed by atoms with E-state index in [1.807, 2.05) is 0 Å². The number of alkyl halides is 1. The number of halogens is 1. The molecule has 0 aliphatic rings. The fourth-order valence-electron chi connectivity index (χ4n) is 1.49. The van der Waals surface area contributed by atoms with Crippen molar-refractivity contribution in [2.75, 3.05) is 19.5 Å². The van der Waals surface area contributed by atoms with Gasteiger partial charge in [-0.1, -0.05) is 15.9 Å². The fourth-order valence-corrected chi connectivity index (χ4v) is 1.75. The summed E-state index contributed by atoms with van der Waals surface area (Å²) < 4.78 is 10.2. The minimum Gasteiger partial charge on any atom is -0.497 e. The van der Waals surface area contributed by atoms with Gasteiger partial charge in [0, 0.05) is 6.07 Å². The highest BCUT2D eigenvalue weighted by molar-refractivity contribution is 9.09. The van der Waals surface area contributed by atoms with Crippen LogP contribution in [0.25, 0.3) is 0 Å². The van der Waals surface area contributed by atoms with Crippen LogP contribution in [-0.4, -0.2) is 31.1 Å². The number of rotatable bonds is 5. The SMILES string of the molecule is COc1cc(C)c(C(=O)C(=O)CBr)c(OC)c1. The van der Waals surface area contributed by atoms with Gasteiger partial charge in [0.05, 0.1) is 25.1 Å². The van der Waals surface area contributed by atoms with Crippen LogP contribution in [0, 0.1) is 6.92 Å². The molecule has 17 heavy (non-hydrogen) atoms. The largest absolute Gasteiger partial charge is 0.497 e. The van der Waals surface area contributed by atoms with Crippen LogP contribution >= 0.6 is 15.9 Å². The first-order chi connectivity index (χ1) is 8.04. The highest BCUT2D eigenvalue weighted by atomic mass is 79.9. The summed E-state index contributed by atoms with van der Waals surface area (Å²) in [6.45, 7) is 1.74. The van der Waals surface area contributed by atoms with Gasteiger partial charge in [-0.2, -0.15) is 0 Å². The van der Waals surface area contributed by atoms with Crippen LogP contribution in [0.1, 0.15) is 15.9 Å². The van der Waals surface area contributed by atoms with Gasteiger partial charge in [-0.3, -0.25) is 9.59 Å². The third-order valence-corrected chi connectivity index (χ3v) is 2.84. The molecule has 92 valence electrons. The van der Waals surface area contributed by atoms with Crippen molar-refractivity contribution in [3.63, 3.8) is 0 Å². The van der Waals surface area contributed by atoms with Crippen LogP contribution in [0.5, 0.6) is 11.5 Å². The van der Waals surface area contributed by atoms with Crippen molar-refractivity contribution in [3.8, 4) is 11.5 Å². The lowest BCUT2D eigenvalue weighted by atomic mass is 10.0. The first kappa shape index (κ1) is 13.7. The Kier molecular flexibility index (Phi) is 4.69. The molecule has 0 radical (unpaired) electrons. The van der Waals surface area contributed by atoms with Gasteiger partial charge >= 0.3 is 0 Å². The lowest BCUT2D eigenvalue weighted by molar-refractivity contribution is -0.112. The van der Waals surface area contributed by atoms with E-state index in [1.165, 1.54) is 14.2 Å². The van der Waals surface area contributed by atoms with E-state index in [-0.39, 0.29) is 10.9 Å². The van der Waals surface area contributed by atoms with E-state index in [2.05, 4.69) is 15.9 Å². The molecule has 0 aliphatic heterocycles. The molecular weight excluding hydrogens is 288 g/mol. The van der Waals surface area contributed by atoms with Crippen molar-refractivity contribution in [2.24, 2.45) is 0 Å². The maximum Gasteiger partial charge on any atom is 0.233 e. The van der Waals surface area contributed by atoms with Crippen LogP contribution < -0.4 is 9.47 Å². The zero-order valence-electron chi connectivity index (χ0n) is 9.87. The lowest BCUT2D eigenvalue weighted by Gasteiger charge is -2.11. The molecule has 0 aliphatic carbocycles. The molecule has 0 amide bonds. The van der Waals surface area contributed by atoms with E-state index < -0.39 is 11.6 Å². The molecule has 0 atom stereocenters. The molecule has 0 saturated heterocycles. The Bertz CT molecular complexity index is 454. The second-order valence-corrected chi connectivity index (χ2v) is 3.97. The molecule has 0 spiro atoms. The fraction of sp³-hybridized carbons (Fsp3) is 0.333. The third-order valence-electron chi connectivity index (χ3n) is 2.33. The summed E-state index contributed by atoms with van der Waals surface area (Å²) in [5, 5.41) is 0.000453. The second-order valence-electron chi connectivity index (χ2n) is 3.41. The summed E-state index contributed by atoms with van der Waals surface area (Å²) in [7, 11) is 2.98. The van der Waals surface area contributed by atoms with Crippen molar-refractivity contribution >= 4 is 27.5 Å². The Balaban J connectivity index is 3.32. The zero-order chi connectivity index (χ0) is 13.0. The summed E-state index contributed by atoms with van der Waals surface area (Å²) in [5.74, 6) is -0.126. The maximum absolute atomic E-state index is 11.9. The van der Waals surface area contributed by atoms with Gasteiger partial charge in [0.2, 0.25) is 11.6 Å². The van der Waals surface area contributed by atoms with Gasteiger partial charge in [0.25, 0.3) is 0 Å². The molecule has 0 saturated carbocycles. The quantitative estimate of drug-likeness (QED) is 0.475. The molecule has 1 aromatic rings. The number of Topliss-reactive ketones (excluding diaryl/α,β-unsaturated/α-hetero) is 2. The van der Waals surface area contributed by atoms with Crippen LogP contribution in [0.4, 0.5) is 0 Å². The van der Waals surface area contributed by atoms with Crippen LogP contribution in [0.15, 0.2) is 12.1 Å². The van der Waals surface area contributed by atoms with Crippen LogP contribution in [0.3, 0.4) is 0 Å². The molecule has 1 rings (SSSR count). The Morgan fingerprint density at radius 3 is 2.35 bits per heavy atom. The molecule has 0 heterocycles. The van der Waals surface area contributed by atoms with E-state index in [0.29, 0.717) is 17.1 Å². The molecular formula is C12H13BrO4. The molecule has 4 nitrogen and oxygen atoms in total. The standard InChI is InChI=1S/C12H13BrO4/c1-7-4-8(16-2)5-10(17-3)11(7)12(15)9(14)6-13/h4-5H,6H2,1-3H3. The van der Waals surface area contributed by atoms with Crippen molar-refractivity contribution in [3.05, 3.63) is 23.3 Å². The second kappa shape index (κ2) is 5.82. The van der Waals surface area contributed by atoms with Gasteiger partial charge in [-0.05, 0) is 18.6 Å². The van der Waals surface area contributed by atoms with Crippen molar-refractivity contribution in [2.45, 2.75) is 6.92 Å². The monoisotopic (exact) mass is 300 g/mol. The summed E-state index contributed by atoms with van der Waals surface area (Å²) in [5.41, 5.74) is 0.943. The molecule has 1 aromatic carbocycles. The topological polar surface area (TPSA) is 52.6 Å². The molecule has 5 heteroatoms. The number of methoxy groups -OCH3 is 2. The van der Waals surface area contributed by atoms with Crippen LogP contribution in [0.2, 0.25) is 0 Å². The van der Waals surface area contributed by atoms with Gasteiger partial charge in [0.1, 0.15) is 11.5 Å². The normalized spacial score (nSPS) is 9.88. The van der Waals surface area contributed by atoms with E-state index in [1.54, 1.807) is 19.1 Å². The summed E-state index contributed by atoms with van der Waals surface area (Å²) in [6, 6.07) is 3.28.